The van der Waals surface area contributed by atoms with Crippen molar-refractivity contribution in [2.45, 2.75) is 25.8 Å². The minimum Gasteiger partial charge on any atom is -0.381 e. The van der Waals surface area contributed by atoms with Crippen LogP contribution in [0, 0.1) is 5.92 Å². The molecule has 1 saturated heterocycles. The van der Waals surface area contributed by atoms with Gasteiger partial charge in [0.25, 0.3) is 0 Å². The zero-order valence-corrected chi connectivity index (χ0v) is 13.8. The summed E-state index contributed by atoms with van der Waals surface area (Å²) in [5.74, 6) is 0.560. The van der Waals surface area contributed by atoms with Crippen molar-refractivity contribution in [2.24, 2.45) is 5.92 Å². The summed E-state index contributed by atoms with van der Waals surface area (Å²) < 4.78 is 7.93. The van der Waals surface area contributed by atoms with Gasteiger partial charge in [-0.3, -0.25) is 0 Å². The molecule has 1 heterocycles. The van der Waals surface area contributed by atoms with Gasteiger partial charge in [0.1, 0.15) is 0 Å². The first-order valence-corrected chi connectivity index (χ1v) is 8.07. The van der Waals surface area contributed by atoms with Gasteiger partial charge in [-0.1, -0.05) is 38.8 Å². The maximum Gasteiger partial charge on any atom is 0.0512 e. The zero-order chi connectivity index (χ0) is 13.0. The lowest BCUT2D eigenvalue weighted by molar-refractivity contribution is 0.0391. The van der Waals surface area contributed by atoms with Gasteiger partial charge >= 0.3 is 0 Å². The fourth-order valence-electron chi connectivity index (χ4n) is 2.53. The number of hydrogen-bond donors (Lipinski definition) is 1. The van der Waals surface area contributed by atoms with Crippen molar-refractivity contribution in [2.75, 3.05) is 19.8 Å². The van der Waals surface area contributed by atoms with Crippen molar-refractivity contribution in [3.05, 3.63) is 32.7 Å². The normalized spacial score (nSPS) is 21.8. The Balaban J connectivity index is 2.24. The Labute approximate surface area is 126 Å². The molecule has 0 amide bonds. The highest BCUT2D eigenvalue weighted by Gasteiger charge is 2.26. The smallest absolute Gasteiger partial charge is 0.0512 e. The number of halogens is 2. The number of nitrogens with one attached hydrogen (secondary N) is 1. The molecule has 2 nitrogen and oxygen atoms in total. The predicted octanol–water partition coefficient (Wildman–Crippen LogP) is 4.29. The molecule has 100 valence electrons. The molecule has 0 aliphatic carbocycles. The van der Waals surface area contributed by atoms with Crippen molar-refractivity contribution in [1.82, 2.24) is 5.32 Å². The molecule has 1 aliphatic rings. The van der Waals surface area contributed by atoms with Gasteiger partial charge < -0.3 is 10.1 Å². The number of benzene rings is 1. The Hall–Kier alpha value is 0.1000. The third kappa shape index (κ3) is 3.56. The molecule has 2 unspecified atom stereocenters. The van der Waals surface area contributed by atoms with E-state index in [1.54, 1.807) is 0 Å². The number of hydrogen-bond acceptors (Lipinski definition) is 2. The van der Waals surface area contributed by atoms with Crippen molar-refractivity contribution in [3.8, 4) is 0 Å². The molecule has 1 fully saturated rings. The minimum absolute atomic E-state index is 0.363. The maximum absolute atomic E-state index is 5.63. The summed E-state index contributed by atoms with van der Waals surface area (Å²) in [5.41, 5.74) is 1.32. The van der Waals surface area contributed by atoms with Crippen molar-refractivity contribution < 1.29 is 4.74 Å². The second-order valence-electron chi connectivity index (χ2n) is 4.68. The molecule has 0 saturated carbocycles. The van der Waals surface area contributed by atoms with E-state index < -0.39 is 0 Å². The molecular formula is C14H19Br2NO. The summed E-state index contributed by atoms with van der Waals surface area (Å²) in [6.45, 7) is 4.90. The van der Waals surface area contributed by atoms with E-state index in [0.29, 0.717) is 12.0 Å². The van der Waals surface area contributed by atoms with Crippen LogP contribution in [0.3, 0.4) is 0 Å². The molecule has 0 aromatic heterocycles. The fourth-order valence-corrected chi connectivity index (χ4v) is 3.40. The highest BCUT2D eigenvalue weighted by atomic mass is 79.9. The summed E-state index contributed by atoms with van der Waals surface area (Å²) in [6.07, 6.45) is 2.40. The van der Waals surface area contributed by atoms with Crippen LogP contribution in [0.4, 0.5) is 0 Å². The van der Waals surface area contributed by atoms with Gasteiger partial charge in [-0.15, -0.1) is 0 Å². The molecule has 18 heavy (non-hydrogen) atoms. The third-order valence-electron chi connectivity index (χ3n) is 3.38. The van der Waals surface area contributed by atoms with E-state index in [9.17, 15) is 0 Å². The lowest BCUT2D eigenvalue weighted by Gasteiger charge is -2.31. The molecule has 1 aliphatic heterocycles. The SMILES string of the molecule is CCNC(c1cc(Br)ccc1Br)C1CCCOC1. The van der Waals surface area contributed by atoms with E-state index >= 15 is 0 Å². The average molecular weight is 377 g/mol. The van der Waals surface area contributed by atoms with Gasteiger partial charge in [0.05, 0.1) is 6.61 Å². The first-order valence-electron chi connectivity index (χ1n) is 6.48. The van der Waals surface area contributed by atoms with Crippen LogP contribution >= 0.6 is 31.9 Å². The Morgan fingerprint density at radius 2 is 2.28 bits per heavy atom. The second-order valence-corrected chi connectivity index (χ2v) is 6.45. The Morgan fingerprint density at radius 1 is 1.44 bits per heavy atom. The van der Waals surface area contributed by atoms with E-state index in [1.165, 1.54) is 16.5 Å². The predicted molar refractivity (Wildman–Crippen MR) is 81.8 cm³/mol. The van der Waals surface area contributed by atoms with Gasteiger partial charge in [0.15, 0.2) is 0 Å². The first kappa shape index (κ1) is 14.5. The standard InChI is InChI=1S/C14H19Br2NO/c1-2-17-14(10-4-3-7-18-9-10)12-8-11(15)5-6-13(12)16/h5-6,8,10,14,17H,2-4,7,9H2,1H3. The first-order chi connectivity index (χ1) is 8.72. The minimum atomic E-state index is 0.363. The quantitative estimate of drug-likeness (QED) is 0.846. The van der Waals surface area contributed by atoms with Gasteiger partial charge in [-0.05, 0) is 43.1 Å². The van der Waals surface area contributed by atoms with E-state index in [0.717, 1.165) is 30.7 Å². The largest absolute Gasteiger partial charge is 0.381 e. The van der Waals surface area contributed by atoms with Gasteiger partial charge in [-0.2, -0.15) is 0 Å². The molecule has 4 heteroatoms. The number of rotatable bonds is 4. The van der Waals surface area contributed by atoms with Crippen molar-refractivity contribution in [1.29, 1.82) is 0 Å². The van der Waals surface area contributed by atoms with Crippen LogP contribution in [0.25, 0.3) is 0 Å². The van der Waals surface area contributed by atoms with Crippen molar-refractivity contribution in [3.63, 3.8) is 0 Å². The van der Waals surface area contributed by atoms with Crippen LogP contribution in [-0.4, -0.2) is 19.8 Å². The highest BCUT2D eigenvalue weighted by Crippen LogP contribution is 2.34. The van der Waals surface area contributed by atoms with Crippen LogP contribution in [-0.2, 0) is 4.74 Å². The maximum atomic E-state index is 5.63. The molecule has 1 N–H and O–H groups in total. The molecular weight excluding hydrogens is 358 g/mol. The monoisotopic (exact) mass is 375 g/mol. The Bertz CT molecular complexity index is 391. The van der Waals surface area contributed by atoms with E-state index in [1.807, 2.05) is 0 Å². The Morgan fingerprint density at radius 3 is 2.94 bits per heavy atom. The van der Waals surface area contributed by atoms with Crippen LogP contribution < -0.4 is 5.32 Å². The summed E-state index contributed by atoms with van der Waals surface area (Å²) in [5, 5.41) is 3.61. The van der Waals surface area contributed by atoms with Crippen molar-refractivity contribution >= 4 is 31.9 Å². The molecule has 2 atom stereocenters. The molecule has 1 aromatic rings. The lowest BCUT2D eigenvalue weighted by Crippen LogP contribution is -2.33. The molecule has 0 radical (unpaired) electrons. The van der Waals surface area contributed by atoms with E-state index in [4.69, 9.17) is 4.74 Å². The molecule has 2 rings (SSSR count). The summed E-state index contributed by atoms with van der Waals surface area (Å²) in [4.78, 5) is 0. The molecule has 0 bridgehead atoms. The second kappa shape index (κ2) is 7.04. The van der Waals surface area contributed by atoms with Gasteiger partial charge in [-0.25, -0.2) is 0 Å². The Kier molecular flexibility index (Phi) is 5.67. The molecule has 0 spiro atoms. The van der Waals surface area contributed by atoms with Gasteiger partial charge in [0, 0.05) is 27.5 Å². The van der Waals surface area contributed by atoms with Crippen LogP contribution in [0.2, 0.25) is 0 Å². The van der Waals surface area contributed by atoms with Crippen LogP contribution in [0.5, 0.6) is 0 Å². The lowest BCUT2D eigenvalue weighted by atomic mass is 9.88. The molecule has 1 aromatic carbocycles. The van der Waals surface area contributed by atoms with Crippen LogP contribution in [0.15, 0.2) is 27.1 Å². The van der Waals surface area contributed by atoms with E-state index in [2.05, 4.69) is 62.3 Å². The van der Waals surface area contributed by atoms with Gasteiger partial charge in [0.2, 0.25) is 0 Å². The zero-order valence-electron chi connectivity index (χ0n) is 10.6. The van der Waals surface area contributed by atoms with E-state index in [-0.39, 0.29) is 0 Å². The summed E-state index contributed by atoms with van der Waals surface area (Å²) in [7, 11) is 0. The topological polar surface area (TPSA) is 21.3 Å². The number of ether oxygens (including phenoxy) is 1. The highest BCUT2D eigenvalue weighted by molar-refractivity contribution is 9.11. The summed E-state index contributed by atoms with van der Waals surface area (Å²) in [6, 6.07) is 6.73. The van der Waals surface area contributed by atoms with Crippen LogP contribution in [0.1, 0.15) is 31.4 Å². The fraction of sp³-hybridized carbons (Fsp3) is 0.571. The summed E-state index contributed by atoms with van der Waals surface area (Å²) >= 11 is 7.23. The third-order valence-corrected chi connectivity index (χ3v) is 4.60. The average Bonchev–Trinajstić information content (AvgIpc) is 2.40.